The number of carbonyl (C=O) groups is 2. The summed E-state index contributed by atoms with van der Waals surface area (Å²) in [6.07, 6.45) is -0.00610. The van der Waals surface area contributed by atoms with Gasteiger partial charge in [-0.05, 0) is 18.4 Å². The van der Waals surface area contributed by atoms with Gasteiger partial charge < -0.3 is 9.84 Å². The van der Waals surface area contributed by atoms with E-state index in [2.05, 4.69) is 0 Å². The highest BCUT2D eigenvalue weighted by molar-refractivity contribution is 5.83. The maximum atomic E-state index is 11.4. The van der Waals surface area contributed by atoms with Gasteiger partial charge in [-0.15, -0.1) is 0 Å². The van der Waals surface area contributed by atoms with E-state index in [4.69, 9.17) is 9.84 Å². The number of ether oxygens (including phenoxy) is 1. The molecule has 1 N–H and O–H groups in total. The number of hydrogen-bond acceptors (Lipinski definition) is 3. The third-order valence-corrected chi connectivity index (χ3v) is 2.79. The van der Waals surface area contributed by atoms with E-state index in [1.165, 1.54) is 0 Å². The molecule has 0 bridgehead atoms. The number of carbonyl (C=O) groups excluding carboxylic acids is 1. The predicted molar refractivity (Wildman–Crippen MR) is 59.4 cm³/mol. The Morgan fingerprint density at radius 1 is 1.41 bits per heavy atom. The summed E-state index contributed by atoms with van der Waals surface area (Å²) < 4.78 is 4.73. The molecule has 1 amide bonds. The number of nitrogens with zero attached hydrogens (tertiary/aromatic N) is 1. The molecule has 1 saturated heterocycles. The van der Waals surface area contributed by atoms with Gasteiger partial charge in [0.25, 0.3) is 0 Å². The molecule has 1 aromatic carbocycles. The van der Waals surface area contributed by atoms with Crippen LogP contribution < -0.4 is 0 Å². The first-order chi connectivity index (χ1) is 8.18. The number of hydrogen-bond donors (Lipinski definition) is 1. The molecule has 0 aliphatic carbocycles. The van der Waals surface area contributed by atoms with Crippen LogP contribution in [0, 0.1) is 0 Å². The molecule has 2 rings (SSSR count). The average molecular weight is 235 g/mol. The molecule has 1 atom stereocenters. The quantitative estimate of drug-likeness (QED) is 0.806. The minimum Gasteiger partial charge on any atom is -0.465 e. The summed E-state index contributed by atoms with van der Waals surface area (Å²) in [5.41, 5.74) is 1.08. The van der Waals surface area contributed by atoms with E-state index in [-0.39, 0.29) is 6.73 Å². The fourth-order valence-electron chi connectivity index (χ4n) is 1.86. The van der Waals surface area contributed by atoms with E-state index >= 15 is 0 Å². The first-order valence-corrected chi connectivity index (χ1v) is 5.38. The van der Waals surface area contributed by atoms with Crippen molar-refractivity contribution in [2.24, 2.45) is 0 Å². The third kappa shape index (κ3) is 2.55. The molecular formula is C12H13NO4. The van der Waals surface area contributed by atoms with Crippen LogP contribution in [0.4, 0.5) is 4.79 Å². The molecule has 17 heavy (non-hydrogen) atoms. The van der Waals surface area contributed by atoms with Crippen LogP contribution in [-0.4, -0.2) is 34.8 Å². The van der Waals surface area contributed by atoms with Gasteiger partial charge in [0.15, 0.2) is 6.73 Å². The minimum atomic E-state index is -1.12. The molecular weight excluding hydrogens is 222 g/mol. The lowest BCUT2D eigenvalue weighted by molar-refractivity contribution is -0.139. The van der Waals surface area contributed by atoms with Crippen molar-refractivity contribution in [3.05, 3.63) is 35.9 Å². The second-order valence-corrected chi connectivity index (χ2v) is 3.88. The van der Waals surface area contributed by atoms with E-state index in [0.717, 1.165) is 10.5 Å². The summed E-state index contributed by atoms with van der Waals surface area (Å²) in [6.45, 7) is -0.159. The van der Waals surface area contributed by atoms with Crippen LogP contribution in [-0.2, 0) is 16.0 Å². The molecule has 0 aromatic heterocycles. The first-order valence-electron chi connectivity index (χ1n) is 5.38. The summed E-state index contributed by atoms with van der Waals surface area (Å²) >= 11 is 0. The Morgan fingerprint density at radius 2 is 2.12 bits per heavy atom. The van der Waals surface area contributed by atoms with Crippen molar-refractivity contribution in [2.75, 3.05) is 6.73 Å². The Kier molecular flexibility index (Phi) is 3.27. The predicted octanol–water partition coefficient (Wildman–Crippen LogP) is 1.48. The zero-order valence-electron chi connectivity index (χ0n) is 9.20. The van der Waals surface area contributed by atoms with E-state index < -0.39 is 18.1 Å². The van der Waals surface area contributed by atoms with Gasteiger partial charge in [-0.25, -0.2) is 9.59 Å². The number of carboxylic acid groups (broad SMARTS) is 1. The number of cyclic esters (lactones) is 1. The first kappa shape index (κ1) is 11.4. The number of benzene rings is 1. The summed E-state index contributed by atoms with van der Waals surface area (Å²) in [4.78, 5) is 23.3. The molecule has 0 spiro atoms. The maximum Gasteiger partial charge on any atom is 0.410 e. The number of rotatable bonds is 3. The molecule has 1 fully saturated rings. The van der Waals surface area contributed by atoms with Gasteiger partial charge in [0, 0.05) is 0 Å². The van der Waals surface area contributed by atoms with E-state index in [1.807, 2.05) is 30.3 Å². The highest BCUT2D eigenvalue weighted by atomic mass is 16.6. The molecule has 1 heterocycles. The third-order valence-electron chi connectivity index (χ3n) is 2.79. The monoisotopic (exact) mass is 235 g/mol. The highest BCUT2D eigenvalue weighted by Gasteiger charge is 2.37. The molecule has 0 radical (unpaired) electrons. The summed E-state index contributed by atoms with van der Waals surface area (Å²) in [7, 11) is 0. The summed E-state index contributed by atoms with van der Waals surface area (Å²) in [5, 5.41) is 8.89. The lowest BCUT2D eigenvalue weighted by Gasteiger charge is -2.16. The van der Waals surface area contributed by atoms with Gasteiger partial charge in [0.2, 0.25) is 0 Å². The minimum absolute atomic E-state index is 0.159. The van der Waals surface area contributed by atoms with Crippen molar-refractivity contribution in [2.45, 2.75) is 18.9 Å². The Bertz CT molecular complexity index is 418. The fourth-order valence-corrected chi connectivity index (χ4v) is 1.86. The van der Waals surface area contributed by atoms with Gasteiger partial charge in [-0.3, -0.25) is 4.90 Å². The van der Waals surface area contributed by atoms with Crippen molar-refractivity contribution in [1.82, 2.24) is 4.90 Å². The molecule has 90 valence electrons. The summed E-state index contributed by atoms with van der Waals surface area (Å²) in [6, 6.07) is 8.97. The van der Waals surface area contributed by atoms with Gasteiger partial charge >= 0.3 is 12.1 Å². The fraction of sp³-hybridized carbons (Fsp3) is 0.333. The average Bonchev–Trinajstić information content (AvgIpc) is 2.69. The van der Waals surface area contributed by atoms with Crippen molar-refractivity contribution < 1.29 is 19.4 Å². The van der Waals surface area contributed by atoms with Gasteiger partial charge in [0.1, 0.15) is 6.04 Å². The van der Waals surface area contributed by atoms with Gasteiger partial charge in [-0.1, -0.05) is 30.3 Å². The Morgan fingerprint density at radius 3 is 2.76 bits per heavy atom. The smallest absolute Gasteiger partial charge is 0.410 e. The van der Waals surface area contributed by atoms with Crippen molar-refractivity contribution in [3.63, 3.8) is 0 Å². The standard InChI is InChI=1S/C12H13NO4/c14-11-10(13(8-17-11)12(15)16)7-6-9-4-2-1-3-5-9/h1-5,10H,6-8H2,(H,15,16). The van der Waals surface area contributed by atoms with Crippen molar-refractivity contribution in [1.29, 1.82) is 0 Å². The largest absolute Gasteiger partial charge is 0.465 e. The normalized spacial score (nSPS) is 19.2. The van der Waals surface area contributed by atoms with Crippen LogP contribution in [0.25, 0.3) is 0 Å². The SMILES string of the molecule is O=C1OCN(C(=O)O)C1CCc1ccccc1. The molecule has 1 unspecified atom stereocenters. The Hall–Kier alpha value is -2.04. The van der Waals surface area contributed by atoms with Crippen molar-refractivity contribution in [3.8, 4) is 0 Å². The molecule has 5 nitrogen and oxygen atoms in total. The van der Waals surface area contributed by atoms with Crippen LogP contribution >= 0.6 is 0 Å². The lowest BCUT2D eigenvalue weighted by atomic mass is 10.1. The van der Waals surface area contributed by atoms with Crippen LogP contribution in [0.3, 0.4) is 0 Å². The molecule has 1 aromatic rings. The molecule has 1 aliphatic heterocycles. The van der Waals surface area contributed by atoms with Crippen LogP contribution in [0.1, 0.15) is 12.0 Å². The molecule has 0 saturated carbocycles. The molecule has 1 aliphatic rings. The van der Waals surface area contributed by atoms with Crippen LogP contribution in [0.15, 0.2) is 30.3 Å². The van der Waals surface area contributed by atoms with Crippen molar-refractivity contribution >= 4 is 12.1 Å². The van der Waals surface area contributed by atoms with Gasteiger partial charge in [-0.2, -0.15) is 0 Å². The maximum absolute atomic E-state index is 11.4. The van der Waals surface area contributed by atoms with E-state index in [1.54, 1.807) is 0 Å². The summed E-state index contributed by atoms with van der Waals surface area (Å²) in [5.74, 6) is -0.455. The number of esters is 1. The van der Waals surface area contributed by atoms with Gasteiger partial charge in [0.05, 0.1) is 0 Å². The lowest BCUT2D eigenvalue weighted by Crippen LogP contribution is -2.37. The van der Waals surface area contributed by atoms with E-state index in [9.17, 15) is 9.59 Å². The zero-order chi connectivity index (χ0) is 12.3. The number of amides is 1. The van der Waals surface area contributed by atoms with Crippen LogP contribution in [0.2, 0.25) is 0 Å². The Labute approximate surface area is 98.6 Å². The molecule has 5 heteroatoms. The Balaban J connectivity index is 1.98. The zero-order valence-corrected chi connectivity index (χ0v) is 9.20. The second kappa shape index (κ2) is 4.86. The topological polar surface area (TPSA) is 66.8 Å². The highest BCUT2D eigenvalue weighted by Crippen LogP contribution is 2.17. The van der Waals surface area contributed by atoms with Crippen LogP contribution in [0.5, 0.6) is 0 Å². The second-order valence-electron chi connectivity index (χ2n) is 3.88. The number of aryl methyl sites for hydroxylation is 1. The van der Waals surface area contributed by atoms with E-state index in [0.29, 0.717) is 12.8 Å².